The van der Waals surface area contributed by atoms with Gasteiger partial charge in [-0.25, -0.2) is 4.79 Å². The highest BCUT2D eigenvalue weighted by Gasteiger charge is 2.28. The summed E-state index contributed by atoms with van der Waals surface area (Å²) in [6, 6.07) is 18.8. The van der Waals surface area contributed by atoms with Gasteiger partial charge in [0.25, 0.3) is 0 Å². The molecular weight excluding hydrogens is 290 g/mol. The van der Waals surface area contributed by atoms with Crippen molar-refractivity contribution in [1.82, 2.24) is 4.90 Å². The van der Waals surface area contributed by atoms with Gasteiger partial charge in [-0.15, -0.1) is 0 Å². The number of amidine groups is 1. The van der Waals surface area contributed by atoms with Gasteiger partial charge in [0.1, 0.15) is 11.6 Å². The number of hydrogen-bond acceptors (Lipinski definition) is 3. The second-order valence-corrected chi connectivity index (χ2v) is 5.26. The van der Waals surface area contributed by atoms with E-state index in [4.69, 9.17) is 4.74 Å². The van der Waals surface area contributed by atoms with Gasteiger partial charge in [0.2, 0.25) is 0 Å². The topological polar surface area (TPSA) is 53.9 Å². The zero-order valence-electron chi connectivity index (χ0n) is 13.0. The number of rotatable bonds is 4. The standard InChI is InChI=1S/C18H19N3O2/c1-14(23-16-10-6-3-7-11-16)17-19-12-13-21(17)18(22)20-15-8-4-2-5-9-15/h2-11,14H,12-13H2,1H3,(H,20,22). The number of carbonyl (C=O) groups excluding carboxylic acids is 1. The van der Waals surface area contributed by atoms with Crippen molar-refractivity contribution in [2.24, 2.45) is 4.99 Å². The maximum absolute atomic E-state index is 12.5. The fourth-order valence-corrected chi connectivity index (χ4v) is 2.49. The molecule has 118 valence electrons. The molecule has 1 heterocycles. The average Bonchev–Trinajstić information content (AvgIpc) is 3.06. The molecule has 0 bridgehead atoms. The highest BCUT2D eigenvalue weighted by atomic mass is 16.5. The van der Waals surface area contributed by atoms with Crippen molar-refractivity contribution in [2.45, 2.75) is 13.0 Å². The number of nitrogens with one attached hydrogen (secondary N) is 1. The molecule has 1 atom stereocenters. The molecule has 0 saturated carbocycles. The molecule has 1 N–H and O–H groups in total. The van der Waals surface area contributed by atoms with E-state index in [1.54, 1.807) is 4.90 Å². The quantitative estimate of drug-likeness (QED) is 0.941. The molecule has 0 spiro atoms. The zero-order valence-corrected chi connectivity index (χ0v) is 13.0. The summed E-state index contributed by atoms with van der Waals surface area (Å²) in [5, 5.41) is 2.88. The normalized spacial score (nSPS) is 15.0. The summed E-state index contributed by atoms with van der Waals surface area (Å²) in [6.07, 6.45) is -0.290. The van der Waals surface area contributed by atoms with Crippen molar-refractivity contribution in [3.8, 4) is 5.75 Å². The summed E-state index contributed by atoms with van der Waals surface area (Å²) in [5.41, 5.74) is 0.764. The molecule has 0 saturated heterocycles. The molecule has 23 heavy (non-hydrogen) atoms. The summed E-state index contributed by atoms with van der Waals surface area (Å²) in [7, 11) is 0. The van der Waals surface area contributed by atoms with E-state index in [9.17, 15) is 4.79 Å². The first kappa shape index (κ1) is 15.1. The Balaban J connectivity index is 1.66. The maximum Gasteiger partial charge on any atom is 0.327 e. The summed E-state index contributed by atoms with van der Waals surface area (Å²) in [5.74, 6) is 1.42. The van der Waals surface area contributed by atoms with Gasteiger partial charge >= 0.3 is 6.03 Å². The Morgan fingerprint density at radius 3 is 2.48 bits per heavy atom. The highest BCUT2D eigenvalue weighted by Crippen LogP contribution is 2.16. The Kier molecular flexibility index (Phi) is 4.57. The van der Waals surface area contributed by atoms with Gasteiger partial charge in [-0.2, -0.15) is 0 Å². The van der Waals surface area contributed by atoms with Gasteiger partial charge in [0.05, 0.1) is 6.54 Å². The van der Waals surface area contributed by atoms with Crippen molar-refractivity contribution in [3.05, 3.63) is 60.7 Å². The van der Waals surface area contributed by atoms with Crippen molar-refractivity contribution < 1.29 is 9.53 Å². The van der Waals surface area contributed by atoms with Crippen LogP contribution in [0.1, 0.15) is 6.92 Å². The van der Waals surface area contributed by atoms with Gasteiger partial charge in [0.15, 0.2) is 6.10 Å². The number of carbonyl (C=O) groups is 1. The third kappa shape index (κ3) is 3.69. The highest BCUT2D eigenvalue weighted by molar-refractivity contribution is 6.05. The molecule has 0 radical (unpaired) electrons. The monoisotopic (exact) mass is 309 g/mol. The Hall–Kier alpha value is -2.82. The largest absolute Gasteiger partial charge is 0.483 e. The summed E-state index contributed by atoms with van der Waals surface area (Å²) in [4.78, 5) is 18.5. The van der Waals surface area contributed by atoms with Crippen molar-refractivity contribution in [3.63, 3.8) is 0 Å². The molecule has 1 aliphatic rings. The lowest BCUT2D eigenvalue weighted by Gasteiger charge is -2.23. The van der Waals surface area contributed by atoms with Crippen LogP contribution in [-0.4, -0.2) is 36.0 Å². The van der Waals surface area contributed by atoms with Crippen LogP contribution >= 0.6 is 0 Å². The Morgan fingerprint density at radius 2 is 1.78 bits per heavy atom. The van der Waals surface area contributed by atoms with Gasteiger partial charge in [0, 0.05) is 12.2 Å². The molecule has 0 aromatic heterocycles. The molecule has 2 amide bonds. The van der Waals surface area contributed by atoms with Gasteiger partial charge in [-0.05, 0) is 31.2 Å². The smallest absolute Gasteiger partial charge is 0.327 e. The fourth-order valence-electron chi connectivity index (χ4n) is 2.49. The Bertz CT molecular complexity index is 686. The maximum atomic E-state index is 12.5. The number of amides is 2. The lowest BCUT2D eigenvalue weighted by molar-refractivity contribution is 0.228. The third-order valence-corrected chi connectivity index (χ3v) is 3.56. The van der Waals surface area contributed by atoms with E-state index < -0.39 is 0 Å². The van der Waals surface area contributed by atoms with Crippen molar-refractivity contribution in [1.29, 1.82) is 0 Å². The predicted molar refractivity (Wildman–Crippen MR) is 91.0 cm³/mol. The molecule has 1 aliphatic heterocycles. The number of nitrogens with zero attached hydrogens (tertiary/aromatic N) is 2. The van der Waals surface area contributed by atoms with E-state index >= 15 is 0 Å². The minimum Gasteiger partial charge on any atom is -0.483 e. The van der Waals surface area contributed by atoms with E-state index in [-0.39, 0.29) is 12.1 Å². The number of ether oxygens (including phenoxy) is 1. The minimum atomic E-state index is -0.290. The lowest BCUT2D eigenvalue weighted by Crippen LogP contribution is -2.43. The molecule has 0 aliphatic carbocycles. The van der Waals surface area contributed by atoms with E-state index in [1.165, 1.54) is 0 Å². The van der Waals surface area contributed by atoms with Crippen LogP contribution in [0.3, 0.4) is 0 Å². The number of hydrogen-bond donors (Lipinski definition) is 1. The second-order valence-electron chi connectivity index (χ2n) is 5.26. The summed E-state index contributed by atoms with van der Waals surface area (Å²) in [6.45, 7) is 3.07. The van der Waals surface area contributed by atoms with E-state index in [0.717, 1.165) is 11.4 Å². The van der Waals surface area contributed by atoms with Crippen molar-refractivity contribution in [2.75, 3.05) is 18.4 Å². The van der Waals surface area contributed by atoms with Crippen LogP contribution in [0.5, 0.6) is 5.75 Å². The summed E-state index contributed by atoms with van der Waals surface area (Å²) < 4.78 is 5.88. The van der Waals surface area contributed by atoms with Crippen LogP contribution in [-0.2, 0) is 0 Å². The Morgan fingerprint density at radius 1 is 1.13 bits per heavy atom. The first-order chi connectivity index (χ1) is 11.2. The third-order valence-electron chi connectivity index (χ3n) is 3.56. The van der Waals surface area contributed by atoms with Crippen LogP contribution in [0.15, 0.2) is 65.7 Å². The molecule has 2 aromatic carbocycles. The van der Waals surface area contributed by atoms with E-state index in [0.29, 0.717) is 18.9 Å². The van der Waals surface area contributed by atoms with Crippen molar-refractivity contribution >= 4 is 17.6 Å². The van der Waals surface area contributed by atoms with Gasteiger partial charge in [-0.3, -0.25) is 9.89 Å². The number of benzene rings is 2. The Labute approximate surface area is 135 Å². The van der Waals surface area contributed by atoms with Crippen LogP contribution in [0.2, 0.25) is 0 Å². The van der Waals surface area contributed by atoms with Crippen LogP contribution < -0.4 is 10.1 Å². The van der Waals surface area contributed by atoms with Crippen LogP contribution in [0.4, 0.5) is 10.5 Å². The van der Waals surface area contributed by atoms with Gasteiger partial charge < -0.3 is 10.1 Å². The lowest BCUT2D eigenvalue weighted by atomic mass is 10.3. The minimum absolute atomic E-state index is 0.184. The molecule has 2 aromatic rings. The summed E-state index contributed by atoms with van der Waals surface area (Å²) >= 11 is 0. The first-order valence-corrected chi connectivity index (χ1v) is 7.63. The van der Waals surface area contributed by atoms with Gasteiger partial charge in [-0.1, -0.05) is 36.4 Å². The second kappa shape index (κ2) is 6.96. The average molecular weight is 309 g/mol. The molecule has 5 nitrogen and oxygen atoms in total. The van der Waals surface area contributed by atoms with E-state index in [2.05, 4.69) is 10.3 Å². The van der Waals surface area contributed by atoms with E-state index in [1.807, 2.05) is 67.6 Å². The molecular formula is C18H19N3O2. The number of para-hydroxylation sites is 2. The first-order valence-electron chi connectivity index (χ1n) is 7.63. The number of aliphatic imine (C=N–C) groups is 1. The molecule has 0 fully saturated rings. The number of anilines is 1. The predicted octanol–water partition coefficient (Wildman–Crippen LogP) is 3.40. The van der Waals surface area contributed by atoms with Crippen LogP contribution in [0.25, 0.3) is 0 Å². The SMILES string of the molecule is CC(Oc1ccccc1)C1=NCCN1C(=O)Nc1ccccc1. The van der Waals surface area contributed by atoms with Crippen LogP contribution in [0, 0.1) is 0 Å². The molecule has 3 rings (SSSR count). The molecule has 5 heteroatoms. The zero-order chi connectivity index (χ0) is 16.1. The number of urea groups is 1. The molecule has 1 unspecified atom stereocenters. The fraction of sp³-hybridized carbons (Fsp3) is 0.222.